The summed E-state index contributed by atoms with van der Waals surface area (Å²) in [6, 6.07) is 9.96. The van der Waals surface area contributed by atoms with E-state index in [-0.39, 0.29) is 35.3 Å². The van der Waals surface area contributed by atoms with Crippen molar-refractivity contribution in [1.82, 2.24) is 0 Å². The lowest BCUT2D eigenvalue weighted by Crippen LogP contribution is -2.37. The molecule has 2 aromatic rings. The van der Waals surface area contributed by atoms with Gasteiger partial charge in [0.05, 0.1) is 21.9 Å². The fourth-order valence-electron chi connectivity index (χ4n) is 4.98. The van der Waals surface area contributed by atoms with Crippen molar-refractivity contribution in [2.45, 2.75) is 12.6 Å². The molecule has 1 heterocycles. The predicted molar refractivity (Wildman–Crippen MR) is 91.8 cm³/mol. The van der Waals surface area contributed by atoms with Gasteiger partial charge in [0.25, 0.3) is 5.69 Å². The standard InChI is InChI=1S/C19H16N2O4/c22-18-16-10-5-6-11(9-10)17(16)19(23)20(18)14-7-8-15(21(24)25)13-4-2-1-3-12(13)14/h1-8,10-11,16-18,22H,9H2/t10?,11?,16-,17+,18?/m1/s1. The third-order valence-corrected chi connectivity index (χ3v) is 5.99. The Labute approximate surface area is 143 Å². The number of hydrogen-bond donors (Lipinski definition) is 1. The highest BCUT2D eigenvalue weighted by Gasteiger charge is 2.59. The minimum atomic E-state index is -0.887. The number of benzene rings is 2. The lowest BCUT2D eigenvalue weighted by atomic mass is 9.85. The van der Waals surface area contributed by atoms with Crippen LogP contribution in [0.15, 0.2) is 48.6 Å². The Morgan fingerprint density at radius 1 is 1.08 bits per heavy atom. The number of fused-ring (bicyclic) bond motifs is 6. The van der Waals surface area contributed by atoms with Crippen LogP contribution in [0.1, 0.15) is 6.42 Å². The summed E-state index contributed by atoms with van der Waals surface area (Å²) in [5.41, 5.74) is 0.551. The van der Waals surface area contributed by atoms with Crippen molar-refractivity contribution in [3.63, 3.8) is 0 Å². The number of non-ortho nitro benzene ring substituents is 1. The van der Waals surface area contributed by atoms with Crippen molar-refractivity contribution < 1.29 is 14.8 Å². The van der Waals surface area contributed by atoms with Gasteiger partial charge in [0.1, 0.15) is 6.23 Å². The summed E-state index contributed by atoms with van der Waals surface area (Å²) in [6.45, 7) is 0. The van der Waals surface area contributed by atoms with Gasteiger partial charge in [-0.05, 0) is 30.4 Å². The van der Waals surface area contributed by atoms with Crippen molar-refractivity contribution in [1.29, 1.82) is 0 Å². The van der Waals surface area contributed by atoms with E-state index in [0.29, 0.717) is 16.5 Å². The van der Waals surface area contributed by atoms with E-state index >= 15 is 0 Å². The first-order chi connectivity index (χ1) is 12.1. The van der Waals surface area contributed by atoms with Gasteiger partial charge in [-0.15, -0.1) is 0 Å². The number of allylic oxidation sites excluding steroid dienone is 2. The number of aliphatic hydroxyl groups is 1. The third-order valence-electron chi connectivity index (χ3n) is 5.99. The molecular weight excluding hydrogens is 320 g/mol. The van der Waals surface area contributed by atoms with Gasteiger partial charge in [-0.3, -0.25) is 19.8 Å². The Hall–Kier alpha value is -2.73. The zero-order valence-corrected chi connectivity index (χ0v) is 13.3. The van der Waals surface area contributed by atoms with E-state index in [2.05, 4.69) is 12.2 Å². The average Bonchev–Trinajstić information content (AvgIpc) is 3.28. The van der Waals surface area contributed by atoms with Crippen molar-refractivity contribution in [2.24, 2.45) is 23.7 Å². The number of aliphatic hydroxyl groups excluding tert-OH is 1. The van der Waals surface area contributed by atoms with E-state index in [1.807, 2.05) is 0 Å². The summed E-state index contributed by atoms with van der Waals surface area (Å²) < 4.78 is 0. The molecule has 0 spiro atoms. The quantitative estimate of drug-likeness (QED) is 0.519. The van der Waals surface area contributed by atoms with Crippen LogP contribution in [0.2, 0.25) is 0 Å². The van der Waals surface area contributed by atoms with Crippen molar-refractivity contribution in [3.05, 3.63) is 58.7 Å². The van der Waals surface area contributed by atoms with Gasteiger partial charge in [0, 0.05) is 17.4 Å². The van der Waals surface area contributed by atoms with Gasteiger partial charge in [-0.2, -0.15) is 0 Å². The molecule has 25 heavy (non-hydrogen) atoms. The topological polar surface area (TPSA) is 83.7 Å². The number of rotatable bonds is 2. The Balaban J connectivity index is 1.66. The highest BCUT2D eigenvalue weighted by Crippen LogP contribution is 2.55. The van der Waals surface area contributed by atoms with Crippen molar-refractivity contribution in [3.8, 4) is 0 Å². The monoisotopic (exact) mass is 336 g/mol. The predicted octanol–water partition coefficient (Wildman–Crippen LogP) is 2.85. The molecule has 2 fully saturated rings. The molecule has 126 valence electrons. The normalized spacial score (nSPS) is 32.6. The van der Waals surface area contributed by atoms with E-state index in [9.17, 15) is 20.0 Å². The Morgan fingerprint density at radius 3 is 2.52 bits per heavy atom. The molecule has 2 aromatic carbocycles. The Bertz CT molecular complexity index is 954. The molecule has 1 saturated carbocycles. The van der Waals surface area contributed by atoms with Crippen LogP contribution >= 0.6 is 0 Å². The molecule has 3 aliphatic rings. The zero-order chi connectivity index (χ0) is 17.3. The second-order valence-electron chi connectivity index (χ2n) is 7.08. The van der Waals surface area contributed by atoms with Crippen molar-refractivity contribution in [2.75, 3.05) is 4.90 Å². The number of carbonyl (C=O) groups excluding carboxylic acids is 1. The number of nitro groups is 1. The van der Waals surface area contributed by atoms with Crippen LogP contribution in [0.25, 0.3) is 10.8 Å². The SMILES string of the molecule is O=C1[C@H]2C3C=CC(C3)[C@H]2C(O)N1c1ccc([N+](=O)[O-])c2ccccc12. The Kier molecular flexibility index (Phi) is 2.86. The largest absolute Gasteiger partial charge is 0.373 e. The number of hydrogen-bond acceptors (Lipinski definition) is 4. The first-order valence-electron chi connectivity index (χ1n) is 8.43. The Morgan fingerprint density at radius 2 is 1.80 bits per heavy atom. The minimum absolute atomic E-state index is 0.00224. The van der Waals surface area contributed by atoms with Gasteiger partial charge in [-0.1, -0.05) is 30.4 Å². The molecule has 0 aromatic heterocycles. The summed E-state index contributed by atoms with van der Waals surface area (Å²) in [5, 5.41) is 23.3. The van der Waals surface area contributed by atoms with Gasteiger partial charge < -0.3 is 5.11 Å². The number of nitrogens with zero attached hydrogens (tertiary/aromatic N) is 2. The van der Waals surface area contributed by atoms with Crippen LogP contribution in [0.5, 0.6) is 0 Å². The number of amides is 1. The smallest absolute Gasteiger partial charge is 0.277 e. The average molecular weight is 336 g/mol. The zero-order valence-electron chi connectivity index (χ0n) is 13.3. The van der Waals surface area contributed by atoms with Crippen LogP contribution in [0, 0.1) is 33.8 Å². The number of nitro benzene ring substituents is 1. The van der Waals surface area contributed by atoms with Gasteiger partial charge in [0.2, 0.25) is 5.91 Å². The van der Waals surface area contributed by atoms with Crippen LogP contribution in [0.4, 0.5) is 11.4 Å². The fraction of sp³-hybridized carbons (Fsp3) is 0.316. The summed E-state index contributed by atoms with van der Waals surface area (Å²) in [6.07, 6.45) is 4.25. The van der Waals surface area contributed by atoms with E-state index in [1.165, 1.54) is 11.0 Å². The molecule has 6 heteroatoms. The number of anilines is 1. The summed E-state index contributed by atoms with van der Waals surface area (Å²) in [5.74, 6) is 0.0958. The molecule has 6 nitrogen and oxygen atoms in total. The molecule has 1 aliphatic heterocycles. The molecule has 1 amide bonds. The van der Waals surface area contributed by atoms with Gasteiger partial charge >= 0.3 is 0 Å². The molecule has 1 saturated heterocycles. The summed E-state index contributed by atoms with van der Waals surface area (Å²) >= 11 is 0. The molecule has 3 unspecified atom stereocenters. The summed E-state index contributed by atoms with van der Waals surface area (Å²) in [7, 11) is 0. The highest BCUT2D eigenvalue weighted by molar-refractivity contribution is 6.08. The maximum Gasteiger partial charge on any atom is 0.277 e. The van der Waals surface area contributed by atoms with Crippen LogP contribution in [-0.2, 0) is 4.79 Å². The third kappa shape index (κ3) is 1.80. The molecule has 5 rings (SSSR count). The second kappa shape index (κ2) is 4.89. The van der Waals surface area contributed by atoms with E-state index < -0.39 is 11.2 Å². The first-order valence-corrected chi connectivity index (χ1v) is 8.43. The highest BCUT2D eigenvalue weighted by atomic mass is 16.6. The molecule has 0 radical (unpaired) electrons. The first kappa shape index (κ1) is 14.6. The van der Waals surface area contributed by atoms with Gasteiger partial charge in [-0.25, -0.2) is 0 Å². The minimum Gasteiger partial charge on any atom is -0.373 e. The van der Waals surface area contributed by atoms with E-state index in [1.54, 1.807) is 30.3 Å². The van der Waals surface area contributed by atoms with E-state index in [0.717, 1.165) is 6.42 Å². The fourth-order valence-corrected chi connectivity index (χ4v) is 4.98. The maximum atomic E-state index is 13.0. The molecule has 1 N–H and O–H groups in total. The molecule has 2 bridgehead atoms. The van der Waals surface area contributed by atoms with Gasteiger partial charge in [0.15, 0.2) is 0 Å². The van der Waals surface area contributed by atoms with Crippen molar-refractivity contribution >= 4 is 28.1 Å². The van der Waals surface area contributed by atoms with Crippen LogP contribution in [0.3, 0.4) is 0 Å². The summed E-state index contributed by atoms with van der Waals surface area (Å²) in [4.78, 5) is 25.4. The number of carbonyl (C=O) groups is 1. The van der Waals surface area contributed by atoms with Crippen LogP contribution < -0.4 is 4.90 Å². The molecule has 2 aliphatic carbocycles. The molecular formula is C19H16N2O4. The molecule has 5 atom stereocenters. The van der Waals surface area contributed by atoms with Crippen LogP contribution in [-0.4, -0.2) is 22.2 Å². The maximum absolute atomic E-state index is 13.0. The second-order valence-corrected chi connectivity index (χ2v) is 7.08. The lowest BCUT2D eigenvalue weighted by Gasteiger charge is -2.26. The lowest BCUT2D eigenvalue weighted by molar-refractivity contribution is -0.383. The van der Waals surface area contributed by atoms with E-state index in [4.69, 9.17) is 0 Å².